The first-order chi connectivity index (χ1) is 9.95. The van der Waals surface area contributed by atoms with E-state index in [9.17, 15) is 9.59 Å². The monoisotopic (exact) mass is 311 g/mol. The highest BCUT2D eigenvalue weighted by molar-refractivity contribution is 7.18. The van der Waals surface area contributed by atoms with Crippen molar-refractivity contribution < 1.29 is 9.59 Å². The Bertz CT molecular complexity index is 543. The standard InChI is InChI=1S/C13H21N5O2S/c1-15-11(19)8-6-4-5-7-18(8)12(20)9-10(14)16-13(21-9)17(2)3/h8H,4-7,14H2,1-3H3,(H,15,19). The van der Waals surface area contributed by atoms with Crippen LogP contribution in [0.4, 0.5) is 10.9 Å². The number of nitrogens with zero attached hydrogens (tertiary/aromatic N) is 3. The lowest BCUT2D eigenvalue weighted by atomic mass is 10.0. The van der Waals surface area contributed by atoms with E-state index in [2.05, 4.69) is 10.3 Å². The van der Waals surface area contributed by atoms with E-state index >= 15 is 0 Å². The van der Waals surface area contributed by atoms with Gasteiger partial charge < -0.3 is 20.9 Å². The fourth-order valence-corrected chi connectivity index (χ4v) is 3.27. The third-order valence-electron chi connectivity index (χ3n) is 3.53. The first kappa shape index (κ1) is 15.6. The summed E-state index contributed by atoms with van der Waals surface area (Å²) >= 11 is 1.26. The van der Waals surface area contributed by atoms with Gasteiger partial charge in [0.25, 0.3) is 5.91 Å². The van der Waals surface area contributed by atoms with E-state index < -0.39 is 6.04 Å². The molecule has 2 rings (SSSR count). The minimum Gasteiger partial charge on any atom is -0.382 e. The molecule has 116 valence electrons. The summed E-state index contributed by atoms with van der Waals surface area (Å²) in [6.45, 7) is 0.575. The van der Waals surface area contributed by atoms with Gasteiger partial charge in [-0.3, -0.25) is 9.59 Å². The van der Waals surface area contributed by atoms with Crippen LogP contribution in [0.15, 0.2) is 0 Å². The van der Waals surface area contributed by atoms with Crippen LogP contribution in [0.5, 0.6) is 0 Å². The highest BCUT2D eigenvalue weighted by Gasteiger charge is 2.34. The van der Waals surface area contributed by atoms with Crippen LogP contribution in [0, 0.1) is 0 Å². The van der Waals surface area contributed by atoms with Gasteiger partial charge in [-0.05, 0) is 19.3 Å². The molecule has 8 heteroatoms. The number of hydrogen-bond acceptors (Lipinski definition) is 6. The molecular weight excluding hydrogens is 290 g/mol. The molecule has 21 heavy (non-hydrogen) atoms. The predicted molar refractivity (Wildman–Crippen MR) is 83.6 cm³/mol. The third kappa shape index (κ3) is 3.10. The zero-order valence-electron chi connectivity index (χ0n) is 12.5. The Kier molecular flexibility index (Phi) is 4.66. The molecule has 0 radical (unpaired) electrons. The Morgan fingerprint density at radius 3 is 2.71 bits per heavy atom. The van der Waals surface area contributed by atoms with Crippen LogP contribution < -0.4 is 16.0 Å². The number of carbonyl (C=O) groups is 2. The van der Waals surface area contributed by atoms with Crippen LogP contribution in [0.1, 0.15) is 28.9 Å². The quantitative estimate of drug-likeness (QED) is 0.850. The molecule has 1 saturated heterocycles. The molecule has 0 aliphatic carbocycles. The van der Waals surface area contributed by atoms with Crippen molar-refractivity contribution >= 4 is 34.1 Å². The van der Waals surface area contributed by atoms with Crippen LogP contribution in [0.3, 0.4) is 0 Å². The number of aromatic nitrogens is 1. The maximum absolute atomic E-state index is 12.7. The van der Waals surface area contributed by atoms with Crippen molar-refractivity contribution in [2.45, 2.75) is 25.3 Å². The number of hydrogen-bond donors (Lipinski definition) is 2. The Labute approximate surface area is 128 Å². The molecule has 1 fully saturated rings. The van der Waals surface area contributed by atoms with Crippen molar-refractivity contribution in [1.29, 1.82) is 0 Å². The maximum Gasteiger partial charge on any atom is 0.268 e. The van der Waals surface area contributed by atoms with E-state index in [1.807, 2.05) is 19.0 Å². The van der Waals surface area contributed by atoms with Crippen LogP contribution in [0.25, 0.3) is 0 Å². The first-order valence-corrected chi connectivity index (χ1v) is 7.73. The van der Waals surface area contributed by atoms with Crippen molar-refractivity contribution in [2.75, 3.05) is 38.3 Å². The number of likely N-dealkylation sites (tertiary alicyclic amines) is 1. The summed E-state index contributed by atoms with van der Waals surface area (Å²) in [5.74, 6) is -0.0969. The largest absolute Gasteiger partial charge is 0.382 e. The number of thiazole rings is 1. The average Bonchev–Trinajstić information content (AvgIpc) is 2.88. The molecule has 1 atom stereocenters. The van der Waals surface area contributed by atoms with Gasteiger partial charge in [-0.15, -0.1) is 0 Å². The third-order valence-corrected chi connectivity index (χ3v) is 4.76. The maximum atomic E-state index is 12.7. The van der Waals surface area contributed by atoms with Gasteiger partial charge in [0.05, 0.1) is 0 Å². The first-order valence-electron chi connectivity index (χ1n) is 6.92. The van der Waals surface area contributed by atoms with E-state index in [1.165, 1.54) is 11.3 Å². The second kappa shape index (κ2) is 6.30. The van der Waals surface area contributed by atoms with Gasteiger partial charge in [0.1, 0.15) is 16.7 Å². The molecule has 0 aromatic carbocycles. The van der Waals surface area contributed by atoms with Crippen molar-refractivity contribution in [3.05, 3.63) is 4.88 Å². The zero-order chi connectivity index (χ0) is 15.6. The lowest BCUT2D eigenvalue weighted by Crippen LogP contribution is -2.51. The molecule has 2 heterocycles. The molecule has 0 saturated carbocycles. The molecular formula is C13H21N5O2S. The van der Waals surface area contributed by atoms with Crippen LogP contribution in [-0.4, -0.2) is 55.4 Å². The Morgan fingerprint density at radius 2 is 2.14 bits per heavy atom. The number of rotatable bonds is 3. The van der Waals surface area contributed by atoms with Gasteiger partial charge in [0, 0.05) is 27.7 Å². The Balaban J connectivity index is 2.26. The second-order valence-electron chi connectivity index (χ2n) is 5.23. The van der Waals surface area contributed by atoms with Gasteiger partial charge in [0.15, 0.2) is 5.13 Å². The molecule has 0 bridgehead atoms. The summed E-state index contributed by atoms with van der Waals surface area (Å²) in [4.78, 5) is 32.7. The fraction of sp³-hybridized carbons (Fsp3) is 0.615. The molecule has 7 nitrogen and oxygen atoms in total. The molecule has 3 N–H and O–H groups in total. The summed E-state index contributed by atoms with van der Waals surface area (Å²) in [6.07, 6.45) is 2.53. The lowest BCUT2D eigenvalue weighted by molar-refractivity contribution is -0.126. The molecule has 1 aliphatic heterocycles. The number of amides is 2. The lowest BCUT2D eigenvalue weighted by Gasteiger charge is -2.34. The predicted octanol–water partition coefficient (Wildman–Crippen LogP) is 0.532. The van der Waals surface area contributed by atoms with E-state index in [0.717, 1.165) is 12.8 Å². The van der Waals surface area contributed by atoms with E-state index in [4.69, 9.17) is 5.73 Å². The highest BCUT2D eigenvalue weighted by atomic mass is 32.1. The Morgan fingerprint density at radius 1 is 1.43 bits per heavy atom. The number of nitrogens with one attached hydrogen (secondary N) is 1. The van der Waals surface area contributed by atoms with Crippen LogP contribution >= 0.6 is 11.3 Å². The summed E-state index contributed by atoms with van der Waals surface area (Å²) < 4.78 is 0. The van der Waals surface area contributed by atoms with Crippen molar-refractivity contribution in [3.63, 3.8) is 0 Å². The minimum atomic E-state index is -0.416. The minimum absolute atomic E-state index is 0.126. The smallest absolute Gasteiger partial charge is 0.268 e. The van der Waals surface area contributed by atoms with Gasteiger partial charge >= 0.3 is 0 Å². The van der Waals surface area contributed by atoms with Crippen LogP contribution in [0.2, 0.25) is 0 Å². The van der Waals surface area contributed by atoms with Gasteiger partial charge in [-0.2, -0.15) is 0 Å². The van der Waals surface area contributed by atoms with Crippen LogP contribution in [-0.2, 0) is 4.79 Å². The van der Waals surface area contributed by atoms with Crippen molar-refractivity contribution in [2.24, 2.45) is 0 Å². The van der Waals surface area contributed by atoms with Crippen molar-refractivity contribution in [1.82, 2.24) is 15.2 Å². The number of likely N-dealkylation sites (N-methyl/N-ethyl adjacent to an activating group) is 1. The fourth-order valence-electron chi connectivity index (χ4n) is 2.41. The van der Waals surface area contributed by atoms with Gasteiger partial charge in [0.2, 0.25) is 5.91 Å². The topological polar surface area (TPSA) is 91.6 Å². The second-order valence-corrected chi connectivity index (χ2v) is 6.21. The van der Waals surface area contributed by atoms with E-state index in [0.29, 0.717) is 23.0 Å². The molecule has 2 amide bonds. The number of nitrogen functional groups attached to an aromatic ring is 1. The number of nitrogens with two attached hydrogens (primary N) is 1. The van der Waals surface area contributed by atoms with Crippen molar-refractivity contribution in [3.8, 4) is 0 Å². The number of anilines is 2. The summed E-state index contributed by atoms with van der Waals surface area (Å²) in [7, 11) is 5.28. The number of piperidine rings is 1. The van der Waals surface area contributed by atoms with Gasteiger partial charge in [-0.1, -0.05) is 11.3 Å². The molecule has 1 unspecified atom stereocenters. The molecule has 1 aliphatic rings. The van der Waals surface area contributed by atoms with Gasteiger partial charge in [-0.25, -0.2) is 4.98 Å². The average molecular weight is 311 g/mol. The summed E-state index contributed by atoms with van der Waals surface area (Å²) in [6, 6.07) is -0.416. The van der Waals surface area contributed by atoms with E-state index in [1.54, 1.807) is 11.9 Å². The Hall–Kier alpha value is -1.83. The normalized spacial score (nSPS) is 18.4. The molecule has 1 aromatic heterocycles. The van der Waals surface area contributed by atoms with E-state index in [-0.39, 0.29) is 17.6 Å². The summed E-state index contributed by atoms with van der Waals surface area (Å²) in [5, 5.41) is 3.31. The molecule has 1 aromatic rings. The molecule has 0 spiro atoms. The SMILES string of the molecule is CNC(=O)C1CCCCN1C(=O)c1sc(N(C)C)nc1N. The summed E-state index contributed by atoms with van der Waals surface area (Å²) in [5.41, 5.74) is 5.87. The zero-order valence-corrected chi connectivity index (χ0v) is 13.4. The number of carbonyl (C=O) groups excluding carboxylic acids is 2. The highest BCUT2D eigenvalue weighted by Crippen LogP contribution is 2.30.